The maximum atomic E-state index is 13.7. The SMILES string of the molecule is Cc1cn(C)c2c1[C@@]13C[C@@H]1CN(C(=O)CCC(=O)Oc1c(F)c(F)cc(F)c1F)C3=CC2=O. The van der Waals surface area contributed by atoms with Crippen LogP contribution in [0.4, 0.5) is 17.6 Å². The number of amides is 1. The molecule has 3 aliphatic rings. The van der Waals surface area contributed by atoms with Gasteiger partial charge in [0.25, 0.3) is 0 Å². The predicted octanol–water partition coefficient (Wildman–Crippen LogP) is 3.46. The zero-order chi connectivity index (χ0) is 23.8. The number of nitrogens with zero attached hydrogens (tertiary/aromatic N) is 2. The van der Waals surface area contributed by atoms with Gasteiger partial charge in [-0.15, -0.1) is 0 Å². The third-order valence-electron chi connectivity index (χ3n) is 6.71. The van der Waals surface area contributed by atoms with E-state index >= 15 is 0 Å². The van der Waals surface area contributed by atoms with E-state index in [2.05, 4.69) is 4.74 Å². The number of aryl methyl sites for hydroxylation is 2. The molecular formula is C23H18F4N2O4. The van der Waals surface area contributed by atoms with Crippen molar-refractivity contribution in [3.63, 3.8) is 0 Å². The van der Waals surface area contributed by atoms with Crippen LogP contribution < -0.4 is 4.74 Å². The van der Waals surface area contributed by atoms with Crippen molar-refractivity contribution in [2.75, 3.05) is 6.54 Å². The topological polar surface area (TPSA) is 68.6 Å². The maximum Gasteiger partial charge on any atom is 0.311 e. The van der Waals surface area contributed by atoms with Crippen LogP contribution in [0.15, 0.2) is 24.0 Å². The highest BCUT2D eigenvalue weighted by molar-refractivity contribution is 6.08. The number of rotatable bonds is 4. The van der Waals surface area contributed by atoms with Crippen molar-refractivity contribution in [3.05, 3.63) is 64.1 Å². The molecule has 10 heteroatoms. The normalized spacial score (nSPS) is 22.5. The van der Waals surface area contributed by atoms with E-state index in [4.69, 9.17) is 0 Å². The number of carbonyl (C=O) groups excluding carboxylic acids is 3. The molecule has 6 nitrogen and oxygen atoms in total. The fraction of sp³-hybridized carbons (Fsp3) is 0.348. The zero-order valence-electron chi connectivity index (χ0n) is 17.7. The monoisotopic (exact) mass is 462 g/mol. The van der Waals surface area contributed by atoms with Crippen LogP contribution in [0.1, 0.15) is 40.9 Å². The number of ketones is 1. The molecule has 1 aromatic heterocycles. The first-order chi connectivity index (χ1) is 15.6. The van der Waals surface area contributed by atoms with Crippen molar-refractivity contribution in [2.45, 2.75) is 31.6 Å². The number of esters is 1. The molecule has 1 saturated carbocycles. The summed E-state index contributed by atoms with van der Waals surface area (Å²) in [7, 11) is 1.80. The van der Waals surface area contributed by atoms with Crippen molar-refractivity contribution in [3.8, 4) is 5.75 Å². The Hall–Kier alpha value is -3.43. The molecule has 2 aliphatic carbocycles. The average Bonchev–Trinajstić information content (AvgIpc) is 3.24. The summed E-state index contributed by atoms with van der Waals surface area (Å²) in [6.07, 6.45) is 3.23. The molecule has 0 N–H and O–H groups in total. The third-order valence-corrected chi connectivity index (χ3v) is 6.71. The molecule has 1 aromatic carbocycles. The Morgan fingerprint density at radius 1 is 1.15 bits per heavy atom. The Morgan fingerprint density at radius 2 is 1.82 bits per heavy atom. The summed E-state index contributed by atoms with van der Waals surface area (Å²) in [6.45, 7) is 2.31. The van der Waals surface area contributed by atoms with Crippen LogP contribution in [0, 0.1) is 36.1 Å². The highest BCUT2D eigenvalue weighted by atomic mass is 19.2. The summed E-state index contributed by atoms with van der Waals surface area (Å²) in [5.74, 6) is -10.3. The molecule has 2 aromatic rings. The number of benzene rings is 1. The largest absolute Gasteiger partial charge is 0.420 e. The lowest BCUT2D eigenvalue weighted by Gasteiger charge is -2.28. The van der Waals surface area contributed by atoms with Gasteiger partial charge in [0.15, 0.2) is 11.6 Å². The highest BCUT2D eigenvalue weighted by Gasteiger charge is 2.68. The summed E-state index contributed by atoms with van der Waals surface area (Å²) in [6, 6.07) is -0.000889. The molecule has 172 valence electrons. The van der Waals surface area contributed by atoms with Gasteiger partial charge in [0.1, 0.15) is 0 Å². The fourth-order valence-corrected chi connectivity index (χ4v) is 5.29. The summed E-state index contributed by atoms with van der Waals surface area (Å²) in [5, 5.41) is 0. The number of likely N-dealkylation sites (tertiary alicyclic amines) is 1. The molecule has 5 rings (SSSR count). The molecule has 0 bridgehead atoms. The fourth-order valence-electron chi connectivity index (χ4n) is 5.29. The summed E-state index contributed by atoms with van der Waals surface area (Å²) in [4.78, 5) is 39.1. The Kier molecular flexibility index (Phi) is 4.56. The molecule has 2 fully saturated rings. The van der Waals surface area contributed by atoms with E-state index in [1.807, 2.05) is 13.1 Å². The van der Waals surface area contributed by atoms with E-state index in [-0.39, 0.29) is 24.2 Å². The van der Waals surface area contributed by atoms with Crippen LogP contribution in [0.3, 0.4) is 0 Å². The van der Waals surface area contributed by atoms with Crippen LogP contribution in [0.25, 0.3) is 0 Å². The van der Waals surface area contributed by atoms with Gasteiger partial charge in [-0.25, -0.2) is 8.78 Å². The van der Waals surface area contributed by atoms with E-state index in [0.29, 0.717) is 17.9 Å². The molecule has 0 unspecified atom stereocenters. The Morgan fingerprint density at radius 3 is 2.48 bits per heavy atom. The molecule has 1 saturated heterocycles. The maximum absolute atomic E-state index is 13.7. The quantitative estimate of drug-likeness (QED) is 0.302. The predicted molar refractivity (Wildman–Crippen MR) is 105 cm³/mol. The molecule has 0 radical (unpaired) electrons. The van der Waals surface area contributed by atoms with Crippen molar-refractivity contribution in [1.82, 2.24) is 9.47 Å². The number of allylic oxidation sites excluding steroid dienone is 2. The highest BCUT2D eigenvalue weighted by Crippen LogP contribution is 2.67. The minimum absolute atomic E-state index is 0.000889. The van der Waals surface area contributed by atoms with E-state index < -0.39 is 52.7 Å². The van der Waals surface area contributed by atoms with Crippen molar-refractivity contribution in [2.24, 2.45) is 13.0 Å². The second-order valence-corrected chi connectivity index (χ2v) is 8.69. The van der Waals surface area contributed by atoms with Crippen molar-refractivity contribution < 1.29 is 36.7 Å². The van der Waals surface area contributed by atoms with Gasteiger partial charge in [-0.05, 0) is 30.4 Å². The standard InChI is InChI=1S/C23H18F4N2O4/c1-10-8-28(2)21-14(30)6-15-23(18(10)21)7-11(23)9-29(15)16(31)3-4-17(32)33-22-19(26)12(24)5-13(25)20(22)27/h5-6,8,11H,3-4,7,9H2,1-2H3/t11-,23+/m1/s1. The van der Waals surface area contributed by atoms with E-state index in [0.717, 1.165) is 17.5 Å². The van der Waals surface area contributed by atoms with Gasteiger partial charge in [-0.1, -0.05) is 0 Å². The van der Waals surface area contributed by atoms with Crippen LogP contribution in [0.2, 0.25) is 0 Å². The summed E-state index contributed by atoms with van der Waals surface area (Å²) < 4.78 is 60.2. The lowest BCUT2D eigenvalue weighted by atomic mass is 9.83. The Balaban J connectivity index is 1.31. The number of hydrogen-bond acceptors (Lipinski definition) is 4. The van der Waals surface area contributed by atoms with E-state index in [1.54, 1.807) is 11.6 Å². The number of piperidine rings is 1. The van der Waals surface area contributed by atoms with E-state index in [1.165, 1.54) is 11.0 Å². The van der Waals surface area contributed by atoms with Crippen LogP contribution in [0.5, 0.6) is 5.75 Å². The van der Waals surface area contributed by atoms with Crippen LogP contribution >= 0.6 is 0 Å². The number of aromatic nitrogens is 1. The van der Waals surface area contributed by atoms with Gasteiger partial charge < -0.3 is 14.2 Å². The number of carbonyl (C=O) groups is 3. The molecular weight excluding hydrogens is 444 g/mol. The molecule has 33 heavy (non-hydrogen) atoms. The van der Waals surface area contributed by atoms with Gasteiger partial charge in [-0.3, -0.25) is 14.4 Å². The molecule has 1 spiro atoms. The number of fused-ring (bicyclic) bond motifs is 1. The third kappa shape index (κ3) is 2.96. The van der Waals surface area contributed by atoms with Crippen LogP contribution in [-0.2, 0) is 22.1 Å². The first-order valence-corrected chi connectivity index (χ1v) is 10.3. The Labute approximate surface area is 185 Å². The number of hydrogen-bond donors (Lipinski definition) is 0. The second kappa shape index (κ2) is 7.03. The van der Waals surface area contributed by atoms with Crippen molar-refractivity contribution >= 4 is 17.7 Å². The molecule has 2 atom stereocenters. The molecule has 1 amide bonds. The summed E-state index contributed by atoms with van der Waals surface area (Å²) >= 11 is 0. The zero-order valence-corrected chi connectivity index (χ0v) is 17.7. The average molecular weight is 462 g/mol. The second-order valence-electron chi connectivity index (χ2n) is 8.69. The lowest BCUT2D eigenvalue weighted by molar-refractivity contribution is -0.138. The smallest absolute Gasteiger partial charge is 0.311 e. The molecule has 2 heterocycles. The van der Waals surface area contributed by atoms with Crippen LogP contribution in [-0.4, -0.2) is 33.7 Å². The van der Waals surface area contributed by atoms with Gasteiger partial charge >= 0.3 is 5.97 Å². The lowest BCUT2D eigenvalue weighted by Crippen LogP contribution is -2.34. The Bertz CT molecular complexity index is 1270. The minimum atomic E-state index is -1.84. The van der Waals surface area contributed by atoms with Gasteiger partial charge in [0, 0.05) is 49.5 Å². The number of halogens is 4. The first kappa shape index (κ1) is 21.4. The minimum Gasteiger partial charge on any atom is -0.420 e. The first-order valence-electron chi connectivity index (χ1n) is 10.3. The summed E-state index contributed by atoms with van der Waals surface area (Å²) in [5.41, 5.74) is 2.73. The number of ether oxygens (including phenoxy) is 1. The molecule has 1 aliphatic heterocycles. The van der Waals surface area contributed by atoms with E-state index in [9.17, 15) is 31.9 Å². The van der Waals surface area contributed by atoms with Gasteiger partial charge in [0.05, 0.1) is 12.1 Å². The van der Waals surface area contributed by atoms with Crippen molar-refractivity contribution in [1.29, 1.82) is 0 Å². The van der Waals surface area contributed by atoms with Gasteiger partial charge in [0.2, 0.25) is 29.1 Å². The van der Waals surface area contributed by atoms with Gasteiger partial charge in [-0.2, -0.15) is 8.78 Å².